The number of halogens is 1. The number of benzene rings is 3. The number of hydrogen-bond donors (Lipinski definition) is 1. The second kappa shape index (κ2) is 7.59. The fourth-order valence-corrected chi connectivity index (χ4v) is 3.03. The van der Waals surface area contributed by atoms with Crippen molar-refractivity contribution in [1.29, 1.82) is 0 Å². The molecule has 0 bridgehead atoms. The van der Waals surface area contributed by atoms with Gasteiger partial charge in [0.25, 0.3) is 5.91 Å². The quantitative estimate of drug-likeness (QED) is 0.506. The molecule has 0 aliphatic carbocycles. The third kappa shape index (κ3) is 3.73. The van der Waals surface area contributed by atoms with Crippen molar-refractivity contribution in [3.63, 3.8) is 0 Å². The predicted molar refractivity (Wildman–Crippen MR) is 109 cm³/mol. The Kier molecular flexibility index (Phi) is 4.83. The van der Waals surface area contributed by atoms with Gasteiger partial charge in [0.05, 0.1) is 18.4 Å². The molecule has 1 aromatic heterocycles. The van der Waals surface area contributed by atoms with Gasteiger partial charge in [0.2, 0.25) is 0 Å². The molecule has 0 radical (unpaired) electrons. The first-order chi connectivity index (χ1) is 14.0. The van der Waals surface area contributed by atoms with Gasteiger partial charge in [-0.15, -0.1) is 0 Å². The highest BCUT2D eigenvalue weighted by atomic mass is 19.1. The molecule has 0 atom stereocenters. The molecule has 0 saturated heterocycles. The monoisotopic (exact) mass is 389 g/mol. The van der Waals surface area contributed by atoms with Gasteiger partial charge in [0, 0.05) is 10.9 Å². The lowest BCUT2D eigenvalue weighted by molar-refractivity contribution is 0.102. The standard InChI is InChI=1S/C23H16FNO4/c1-28-21-11-8-15(18-12-16-4-2-3-5-20(16)29-23(18)27)13-19(21)25-22(26)14-6-9-17(24)10-7-14/h2-13H,1H3,(H,25,26). The lowest BCUT2D eigenvalue weighted by Crippen LogP contribution is -2.13. The van der Waals surface area contributed by atoms with Gasteiger partial charge in [0.1, 0.15) is 17.1 Å². The molecule has 29 heavy (non-hydrogen) atoms. The van der Waals surface area contributed by atoms with E-state index < -0.39 is 17.3 Å². The Morgan fingerprint density at radius 2 is 1.76 bits per heavy atom. The molecule has 1 N–H and O–H groups in total. The van der Waals surface area contributed by atoms with Crippen LogP contribution in [0.2, 0.25) is 0 Å². The van der Waals surface area contributed by atoms with E-state index in [1.165, 1.54) is 31.4 Å². The van der Waals surface area contributed by atoms with E-state index in [0.29, 0.717) is 33.7 Å². The molecule has 4 aromatic rings. The minimum Gasteiger partial charge on any atom is -0.495 e. The number of anilines is 1. The zero-order chi connectivity index (χ0) is 20.4. The van der Waals surface area contributed by atoms with Gasteiger partial charge in [-0.3, -0.25) is 4.79 Å². The fraction of sp³-hybridized carbons (Fsp3) is 0.0435. The molecule has 4 rings (SSSR count). The van der Waals surface area contributed by atoms with Gasteiger partial charge < -0.3 is 14.5 Å². The van der Waals surface area contributed by atoms with Crippen molar-refractivity contribution >= 4 is 22.6 Å². The smallest absolute Gasteiger partial charge is 0.344 e. The second-order valence-corrected chi connectivity index (χ2v) is 6.36. The van der Waals surface area contributed by atoms with Gasteiger partial charge >= 0.3 is 5.63 Å². The normalized spacial score (nSPS) is 10.7. The molecule has 0 saturated carbocycles. The summed E-state index contributed by atoms with van der Waals surface area (Å²) in [4.78, 5) is 25.0. The van der Waals surface area contributed by atoms with Crippen LogP contribution in [0.5, 0.6) is 5.75 Å². The first kappa shape index (κ1) is 18.4. The van der Waals surface area contributed by atoms with Gasteiger partial charge in [-0.05, 0) is 54.1 Å². The van der Waals surface area contributed by atoms with Crippen LogP contribution in [-0.2, 0) is 0 Å². The molecule has 0 fully saturated rings. The highest BCUT2D eigenvalue weighted by Gasteiger charge is 2.14. The van der Waals surface area contributed by atoms with E-state index in [9.17, 15) is 14.0 Å². The largest absolute Gasteiger partial charge is 0.495 e. The Labute approximate surface area is 165 Å². The van der Waals surface area contributed by atoms with E-state index in [2.05, 4.69) is 5.32 Å². The van der Waals surface area contributed by atoms with Crippen molar-refractivity contribution in [2.24, 2.45) is 0 Å². The zero-order valence-corrected chi connectivity index (χ0v) is 15.4. The van der Waals surface area contributed by atoms with E-state index in [1.54, 1.807) is 36.4 Å². The van der Waals surface area contributed by atoms with E-state index in [1.807, 2.05) is 12.1 Å². The number of nitrogens with one attached hydrogen (secondary N) is 1. The number of fused-ring (bicyclic) bond motifs is 1. The summed E-state index contributed by atoms with van der Waals surface area (Å²) in [5.74, 6) is -0.426. The van der Waals surface area contributed by atoms with Crippen molar-refractivity contribution in [2.45, 2.75) is 0 Å². The number of carbonyl (C=O) groups excluding carboxylic acids is 1. The van der Waals surface area contributed by atoms with Crippen LogP contribution < -0.4 is 15.7 Å². The minimum absolute atomic E-state index is 0.295. The maximum Gasteiger partial charge on any atom is 0.344 e. The molecule has 0 unspecified atom stereocenters. The van der Waals surface area contributed by atoms with E-state index in [-0.39, 0.29) is 0 Å². The van der Waals surface area contributed by atoms with Crippen LogP contribution in [0.25, 0.3) is 22.1 Å². The minimum atomic E-state index is -0.482. The van der Waals surface area contributed by atoms with Gasteiger partial charge in [0.15, 0.2) is 0 Å². The number of hydrogen-bond acceptors (Lipinski definition) is 4. The summed E-state index contributed by atoms with van der Waals surface area (Å²) in [6.07, 6.45) is 0. The van der Waals surface area contributed by atoms with Crippen LogP contribution in [0.4, 0.5) is 10.1 Å². The van der Waals surface area contributed by atoms with Crippen LogP contribution in [-0.4, -0.2) is 13.0 Å². The summed E-state index contributed by atoms with van der Waals surface area (Å²) in [6, 6.07) is 19.2. The molecule has 3 aromatic carbocycles. The van der Waals surface area contributed by atoms with E-state index in [4.69, 9.17) is 9.15 Å². The number of carbonyl (C=O) groups is 1. The Hall–Kier alpha value is -3.93. The lowest BCUT2D eigenvalue weighted by Gasteiger charge is -2.12. The number of amides is 1. The van der Waals surface area contributed by atoms with Gasteiger partial charge in [-0.25, -0.2) is 9.18 Å². The highest BCUT2D eigenvalue weighted by Crippen LogP contribution is 2.31. The first-order valence-electron chi connectivity index (χ1n) is 8.83. The van der Waals surface area contributed by atoms with Crippen LogP contribution in [0.1, 0.15) is 10.4 Å². The Balaban J connectivity index is 1.74. The predicted octanol–water partition coefficient (Wildman–Crippen LogP) is 4.86. The summed E-state index contributed by atoms with van der Waals surface area (Å²) < 4.78 is 23.8. The van der Waals surface area contributed by atoms with Crippen LogP contribution in [0.3, 0.4) is 0 Å². The Bertz CT molecular complexity index is 1260. The fourth-order valence-electron chi connectivity index (χ4n) is 3.03. The van der Waals surface area contributed by atoms with Crippen molar-refractivity contribution in [3.8, 4) is 16.9 Å². The summed E-state index contributed by atoms with van der Waals surface area (Å²) in [5.41, 5.74) is 1.63. The first-order valence-corrected chi connectivity index (χ1v) is 8.83. The maximum absolute atomic E-state index is 13.1. The Morgan fingerprint density at radius 3 is 2.52 bits per heavy atom. The number of rotatable bonds is 4. The van der Waals surface area contributed by atoms with E-state index >= 15 is 0 Å². The average molecular weight is 389 g/mol. The van der Waals surface area contributed by atoms with Crippen molar-refractivity contribution in [1.82, 2.24) is 0 Å². The number of methoxy groups -OCH3 is 1. The van der Waals surface area contributed by atoms with Gasteiger partial charge in [-0.1, -0.05) is 24.3 Å². The SMILES string of the molecule is COc1ccc(-c2cc3ccccc3oc2=O)cc1NC(=O)c1ccc(F)cc1. The summed E-state index contributed by atoms with van der Waals surface area (Å²) in [7, 11) is 1.48. The van der Waals surface area contributed by atoms with Crippen LogP contribution >= 0.6 is 0 Å². The molecule has 0 aliphatic heterocycles. The molecule has 0 aliphatic rings. The lowest BCUT2D eigenvalue weighted by atomic mass is 10.0. The average Bonchev–Trinajstić information content (AvgIpc) is 2.73. The topological polar surface area (TPSA) is 68.5 Å². The third-order valence-electron chi connectivity index (χ3n) is 4.51. The summed E-state index contributed by atoms with van der Waals surface area (Å²) in [5, 5.41) is 3.53. The second-order valence-electron chi connectivity index (χ2n) is 6.36. The summed E-state index contributed by atoms with van der Waals surface area (Å²) >= 11 is 0. The molecule has 0 spiro atoms. The molecular weight excluding hydrogens is 373 g/mol. The third-order valence-corrected chi connectivity index (χ3v) is 4.51. The van der Waals surface area contributed by atoms with Crippen molar-refractivity contribution in [2.75, 3.05) is 12.4 Å². The van der Waals surface area contributed by atoms with Gasteiger partial charge in [-0.2, -0.15) is 0 Å². The van der Waals surface area contributed by atoms with Crippen LogP contribution in [0.15, 0.2) is 82.0 Å². The van der Waals surface area contributed by atoms with Crippen LogP contribution in [0, 0.1) is 5.82 Å². The molecule has 1 amide bonds. The number of para-hydroxylation sites is 1. The highest BCUT2D eigenvalue weighted by molar-refractivity contribution is 6.05. The molecular formula is C23H16FNO4. The Morgan fingerprint density at radius 1 is 1.00 bits per heavy atom. The molecule has 5 nitrogen and oxygen atoms in total. The molecule has 6 heteroatoms. The number of ether oxygens (including phenoxy) is 1. The maximum atomic E-state index is 13.1. The molecule has 144 valence electrons. The van der Waals surface area contributed by atoms with Crippen molar-refractivity contribution in [3.05, 3.63) is 94.6 Å². The van der Waals surface area contributed by atoms with Crippen molar-refractivity contribution < 1.29 is 18.3 Å². The summed E-state index contributed by atoms with van der Waals surface area (Å²) in [6.45, 7) is 0. The zero-order valence-electron chi connectivity index (χ0n) is 15.4. The molecule has 1 heterocycles. The van der Waals surface area contributed by atoms with E-state index in [0.717, 1.165) is 5.39 Å².